The van der Waals surface area contributed by atoms with Crippen molar-refractivity contribution in [2.24, 2.45) is 0 Å². The maximum absolute atomic E-state index is 5.52. The maximum atomic E-state index is 5.52. The van der Waals surface area contributed by atoms with E-state index in [1.807, 2.05) is 19.1 Å². The SMILES string of the molecule is CC#CCCOc1ccc(CNC(C)(C)C)nc1. The second kappa shape index (κ2) is 7.03. The largest absolute Gasteiger partial charge is 0.491 e. The number of aromatic nitrogens is 1. The first-order valence-electron chi connectivity index (χ1n) is 6.23. The molecule has 1 aromatic rings. The highest BCUT2D eigenvalue weighted by Crippen LogP contribution is 2.10. The van der Waals surface area contributed by atoms with Crippen LogP contribution in [0.1, 0.15) is 39.8 Å². The van der Waals surface area contributed by atoms with Gasteiger partial charge in [-0.05, 0) is 39.8 Å². The van der Waals surface area contributed by atoms with E-state index < -0.39 is 0 Å². The summed E-state index contributed by atoms with van der Waals surface area (Å²) in [6.07, 6.45) is 2.52. The molecule has 0 radical (unpaired) electrons. The molecule has 0 aromatic carbocycles. The molecule has 3 heteroatoms. The molecule has 0 aliphatic carbocycles. The van der Waals surface area contributed by atoms with E-state index in [-0.39, 0.29) is 5.54 Å². The zero-order valence-electron chi connectivity index (χ0n) is 11.7. The average molecular weight is 246 g/mol. The second-order valence-corrected chi connectivity index (χ2v) is 5.11. The van der Waals surface area contributed by atoms with Gasteiger partial charge in [-0.15, -0.1) is 11.8 Å². The lowest BCUT2D eigenvalue weighted by Gasteiger charge is -2.20. The monoisotopic (exact) mass is 246 g/mol. The van der Waals surface area contributed by atoms with Crippen LogP contribution in [-0.4, -0.2) is 17.1 Å². The first-order chi connectivity index (χ1) is 8.51. The minimum absolute atomic E-state index is 0.107. The number of rotatable bonds is 5. The number of nitrogens with one attached hydrogen (secondary N) is 1. The van der Waals surface area contributed by atoms with Crippen LogP contribution in [0.3, 0.4) is 0 Å². The molecule has 1 rings (SSSR count). The Bertz CT molecular complexity index is 407. The third-order valence-electron chi connectivity index (χ3n) is 2.27. The third-order valence-corrected chi connectivity index (χ3v) is 2.27. The lowest BCUT2D eigenvalue weighted by Crippen LogP contribution is -2.35. The number of ether oxygens (including phenoxy) is 1. The van der Waals surface area contributed by atoms with E-state index in [1.165, 1.54) is 0 Å². The first-order valence-corrected chi connectivity index (χ1v) is 6.23. The zero-order valence-corrected chi connectivity index (χ0v) is 11.7. The van der Waals surface area contributed by atoms with Gasteiger partial charge in [0.2, 0.25) is 0 Å². The summed E-state index contributed by atoms with van der Waals surface area (Å²) in [7, 11) is 0. The highest BCUT2D eigenvalue weighted by Gasteiger charge is 2.08. The highest BCUT2D eigenvalue weighted by molar-refractivity contribution is 5.20. The summed E-state index contributed by atoms with van der Waals surface area (Å²) < 4.78 is 5.52. The lowest BCUT2D eigenvalue weighted by atomic mass is 10.1. The fourth-order valence-electron chi connectivity index (χ4n) is 1.30. The molecule has 0 aliphatic heterocycles. The van der Waals surface area contributed by atoms with Crippen molar-refractivity contribution in [3.63, 3.8) is 0 Å². The number of nitrogens with zero attached hydrogens (tertiary/aromatic N) is 1. The molecule has 1 N–H and O–H groups in total. The summed E-state index contributed by atoms with van der Waals surface area (Å²) in [5.41, 5.74) is 1.13. The van der Waals surface area contributed by atoms with E-state index in [2.05, 4.69) is 42.9 Å². The molecular weight excluding hydrogens is 224 g/mol. The topological polar surface area (TPSA) is 34.1 Å². The van der Waals surface area contributed by atoms with Gasteiger partial charge in [0.25, 0.3) is 0 Å². The summed E-state index contributed by atoms with van der Waals surface area (Å²) >= 11 is 0. The van der Waals surface area contributed by atoms with Gasteiger partial charge in [-0.25, -0.2) is 0 Å². The first kappa shape index (κ1) is 14.5. The van der Waals surface area contributed by atoms with Crippen molar-refractivity contribution in [1.82, 2.24) is 10.3 Å². The van der Waals surface area contributed by atoms with Crippen molar-refractivity contribution in [3.8, 4) is 17.6 Å². The van der Waals surface area contributed by atoms with Gasteiger partial charge in [0, 0.05) is 18.5 Å². The minimum atomic E-state index is 0.107. The van der Waals surface area contributed by atoms with Gasteiger partial charge in [0.1, 0.15) is 5.75 Å². The van der Waals surface area contributed by atoms with Crippen LogP contribution in [0.15, 0.2) is 18.3 Å². The minimum Gasteiger partial charge on any atom is -0.491 e. The number of hydrogen-bond donors (Lipinski definition) is 1. The zero-order chi connectivity index (χ0) is 13.4. The molecule has 98 valence electrons. The van der Waals surface area contributed by atoms with Crippen LogP contribution in [0.2, 0.25) is 0 Å². The van der Waals surface area contributed by atoms with Crippen molar-refractivity contribution in [2.75, 3.05) is 6.61 Å². The molecule has 1 aromatic heterocycles. The van der Waals surface area contributed by atoms with Crippen molar-refractivity contribution < 1.29 is 4.74 Å². The van der Waals surface area contributed by atoms with Gasteiger partial charge in [-0.1, -0.05) is 0 Å². The Hall–Kier alpha value is -1.53. The molecule has 0 unspecified atom stereocenters. The van der Waals surface area contributed by atoms with Crippen LogP contribution in [0.4, 0.5) is 0 Å². The molecule has 0 aliphatic rings. The summed E-state index contributed by atoms with van der Waals surface area (Å²) in [5.74, 6) is 6.60. The third kappa shape index (κ3) is 6.27. The van der Waals surface area contributed by atoms with Crippen LogP contribution in [0.25, 0.3) is 0 Å². The van der Waals surface area contributed by atoms with E-state index >= 15 is 0 Å². The fraction of sp³-hybridized carbons (Fsp3) is 0.533. The Kier molecular flexibility index (Phi) is 5.67. The van der Waals surface area contributed by atoms with Gasteiger partial charge in [0.15, 0.2) is 0 Å². The van der Waals surface area contributed by atoms with E-state index in [9.17, 15) is 0 Å². The van der Waals surface area contributed by atoms with Gasteiger partial charge in [0.05, 0.1) is 18.5 Å². The summed E-state index contributed by atoms with van der Waals surface area (Å²) in [6, 6.07) is 3.94. The summed E-state index contributed by atoms with van der Waals surface area (Å²) in [6.45, 7) is 9.63. The molecule has 0 saturated carbocycles. The Labute approximate surface area is 110 Å². The Morgan fingerprint density at radius 1 is 1.33 bits per heavy atom. The van der Waals surface area contributed by atoms with Crippen molar-refractivity contribution >= 4 is 0 Å². The predicted molar refractivity (Wildman–Crippen MR) is 74.4 cm³/mol. The molecule has 18 heavy (non-hydrogen) atoms. The van der Waals surface area contributed by atoms with E-state index in [0.717, 1.165) is 24.4 Å². The van der Waals surface area contributed by atoms with E-state index in [0.29, 0.717) is 6.61 Å². The lowest BCUT2D eigenvalue weighted by molar-refractivity contribution is 0.325. The Morgan fingerprint density at radius 2 is 2.11 bits per heavy atom. The van der Waals surface area contributed by atoms with Crippen LogP contribution in [0, 0.1) is 11.8 Å². The van der Waals surface area contributed by atoms with E-state index in [4.69, 9.17) is 4.74 Å². The van der Waals surface area contributed by atoms with Gasteiger partial charge >= 0.3 is 0 Å². The molecule has 1 heterocycles. The molecule has 0 bridgehead atoms. The van der Waals surface area contributed by atoms with Gasteiger partial charge in [-0.2, -0.15) is 0 Å². The predicted octanol–water partition coefficient (Wildman–Crippen LogP) is 2.76. The molecule has 0 fully saturated rings. The van der Waals surface area contributed by atoms with Crippen LogP contribution >= 0.6 is 0 Å². The van der Waals surface area contributed by atoms with Crippen molar-refractivity contribution in [3.05, 3.63) is 24.0 Å². The molecule has 0 atom stereocenters. The number of pyridine rings is 1. The molecule has 0 amide bonds. The quantitative estimate of drug-likeness (QED) is 0.641. The average Bonchev–Trinajstić information content (AvgIpc) is 2.33. The van der Waals surface area contributed by atoms with Crippen LogP contribution in [0.5, 0.6) is 5.75 Å². The summed E-state index contributed by atoms with van der Waals surface area (Å²) in [4.78, 5) is 4.36. The number of hydrogen-bond acceptors (Lipinski definition) is 3. The smallest absolute Gasteiger partial charge is 0.137 e. The van der Waals surface area contributed by atoms with E-state index in [1.54, 1.807) is 6.20 Å². The molecule has 0 spiro atoms. The van der Waals surface area contributed by atoms with Crippen LogP contribution < -0.4 is 10.1 Å². The van der Waals surface area contributed by atoms with Crippen molar-refractivity contribution in [2.45, 2.75) is 46.2 Å². The molecule has 0 saturated heterocycles. The van der Waals surface area contributed by atoms with Gasteiger partial charge in [-0.3, -0.25) is 4.98 Å². The maximum Gasteiger partial charge on any atom is 0.137 e. The fourth-order valence-corrected chi connectivity index (χ4v) is 1.30. The molecule has 3 nitrogen and oxygen atoms in total. The standard InChI is InChI=1S/C15H22N2O/c1-5-6-7-10-18-14-9-8-13(16-12-14)11-17-15(2,3)4/h8-9,12,17H,7,10-11H2,1-4H3. The Morgan fingerprint density at radius 3 is 2.67 bits per heavy atom. The Balaban J connectivity index is 2.39. The molecular formula is C15H22N2O. The highest BCUT2D eigenvalue weighted by atomic mass is 16.5. The normalized spacial score (nSPS) is 10.7. The van der Waals surface area contributed by atoms with Crippen LogP contribution in [-0.2, 0) is 6.54 Å². The van der Waals surface area contributed by atoms with Crippen molar-refractivity contribution in [1.29, 1.82) is 0 Å². The summed E-state index contributed by atoms with van der Waals surface area (Å²) in [5, 5.41) is 3.40. The van der Waals surface area contributed by atoms with Gasteiger partial charge < -0.3 is 10.1 Å². The second-order valence-electron chi connectivity index (χ2n) is 5.11.